The number of nitrogens with one attached hydrogen (secondary N) is 2. The molecule has 1 aromatic heterocycles. The van der Waals surface area contributed by atoms with Gasteiger partial charge in [0.25, 0.3) is 0 Å². The molecule has 0 radical (unpaired) electrons. The van der Waals surface area contributed by atoms with E-state index in [0.717, 1.165) is 17.7 Å². The van der Waals surface area contributed by atoms with Crippen molar-refractivity contribution in [1.82, 2.24) is 10.3 Å². The second-order valence-corrected chi connectivity index (χ2v) is 8.04. The standard InChI is InChI=1S/C20H14F2N4O3S/c21-15-8-16(22)10-18(9-15)30(28,29)17-1-2-19(14(7-17)11-23)26-20(27)25-12-13-3-5-24-6-4-13/h1-10H,12H2,(H2,25,26,27). The quantitative estimate of drug-likeness (QED) is 0.647. The van der Waals surface area contributed by atoms with Crippen molar-refractivity contribution < 1.29 is 22.0 Å². The molecule has 0 atom stereocenters. The normalized spacial score (nSPS) is 10.8. The minimum Gasteiger partial charge on any atom is -0.334 e. The summed E-state index contributed by atoms with van der Waals surface area (Å²) in [6, 6.07) is 9.94. The smallest absolute Gasteiger partial charge is 0.319 e. The molecule has 0 saturated carbocycles. The largest absolute Gasteiger partial charge is 0.334 e. The van der Waals surface area contributed by atoms with Gasteiger partial charge >= 0.3 is 6.03 Å². The van der Waals surface area contributed by atoms with Crippen LogP contribution in [-0.4, -0.2) is 19.4 Å². The average Bonchev–Trinajstić information content (AvgIpc) is 2.72. The molecule has 0 fully saturated rings. The Bertz CT molecular complexity index is 1220. The first-order valence-electron chi connectivity index (χ1n) is 8.48. The van der Waals surface area contributed by atoms with Gasteiger partial charge in [-0.1, -0.05) is 0 Å². The maximum atomic E-state index is 13.4. The number of amides is 2. The molecule has 0 aliphatic heterocycles. The number of nitrogens with zero attached hydrogens (tertiary/aromatic N) is 2. The van der Waals surface area contributed by atoms with Crippen molar-refractivity contribution in [2.24, 2.45) is 0 Å². The summed E-state index contributed by atoms with van der Waals surface area (Å²) in [5, 5.41) is 14.4. The molecule has 0 aliphatic carbocycles. The average molecular weight is 428 g/mol. The summed E-state index contributed by atoms with van der Waals surface area (Å²) in [7, 11) is -4.27. The molecule has 2 aromatic carbocycles. The number of urea groups is 1. The molecule has 152 valence electrons. The fraction of sp³-hybridized carbons (Fsp3) is 0.0500. The molecule has 0 spiro atoms. The highest BCUT2D eigenvalue weighted by Crippen LogP contribution is 2.26. The number of aromatic nitrogens is 1. The van der Waals surface area contributed by atoms with E-state index in [1.54, 1.807) is 30.6 Å². The van der Waals surface area contributed by atoms with Gasteiger partial charge in [-0.05, 0) is 48.0 Å². The maximum absolute atomic E-state index is 13.4. The number of halogens is 2. The lowest BCUT2D eigenvalue weighted by Gasteiger charge is -2.11. The van der Waals surface area contributed by atoms with Crippen LogP contribution in [0.1, 0.15) is 11.1 Å². The molecule has 0 bridgehead atoms. The van der Waals surface area contributed by atoms with Crippen LogP contribution in [0.15, 0.2) is 70.7 Å². The number of carbonyl (C=O) groups excluding carboxylic acids is 1. The highest BCUT2D eigenvalue weighted by atomic mass is 32.2. The Morgan fingerprint density at radius 3 is 2.30 bits per heavy atom. The summed E-state index contributed by atoms with van der Waals surface area (Å²) >= 11 is 0. The Balaban J connectivity index is 1.81. The molecule has 0 saturated heterocycles. The van der Waals surface area contributed by atoms with Crippen LogP contribution in [0.25, 0.3) is 0 Å². The van der Waals surface area contributed by atoms with Crippen molar-refractivity contribution in [3.05, 3.63) is 83.7 Å². The maximum Gasteiger partial charge on any atom is 0.319 e. The van der Waals surface area contributed by atoms with Gasteiger partial charge in [0.15, 0.2) is 0 Å². The van der Waals surface area contributed by atoms with E-state index in [-0.39, 0.29) is 22.7 Å². The van der Waals surface area contributed by atoms with Crippen molar-refractivity contribution in [2.75, 3.05) is 5.32 Å². The molecule has 30 heavy (non-hydrogen) atoms. The van der Waals surface area contributed by atoms with E-state index in [4.69, 9.17) is 0 Å². The SMILES string of the molecule is N#Cc1cc(S(=O)(=O)c2cc(F)cc(F)c2)ccc1NC(=O)NCc1ccncc1. The molecule has 1 heterocycles. The molecule has 3 aromatic rings. The molecule has 7 nitrogen and oxygen atoms in total. The van der Waals surface area contributed by atoms with Crippen LogP contribution in [0.5, 0.6) is 0 Å². The Morgan fingerprint density at radius 2 is 1.67 bits per heavy atom. The first kappa shape index (κ1) is 20.9. The lowest BCUT2D eigenvalue weighted by Crippen LogP contribution is -2.28. The number of hydrogen-bond donors (Lipinski definition) is 2. The van der Waals surface area contributed by atoms with Gasteiger partial charge < -0.3 is 10.6 Å². The van der Waals surface area contributed by atoms with Crippen molar-refractivity contribution >= 4 is 21.6 Å². The minimum atomic E-state index is -4.27. The van der Waals surface area contributed by atoms with Gasteiger partial charge in [0, 0.05) is 25.0 Å². The molecule has 0 aliphatic rings. The Hall–Kier alpha value is -3.84. The third-order valence-corrected chi connectivity index (χ3v) is 5.75. The number of nitriles is 1. The monoisotopic (exact) mass is 428 g/mol. The molecule has 10 heteroatoms. The third-order valence-electron chi connectivity index (χ3n) is 4.02. The van der Waals surface area contributed by atoms with Crippen molar-refractivity contribution in [3.63, 3.8) is 0 Å². The van der Waals surface area contributed by atoms with Gasteiger partial charge in [0.1, 0.15) is 17.7 Å². The number of anilines is 1. The first-order chi connectivity index (χ1) is 14.3. The zero-order valence-electron chi connectivity index (χ0n) is 15.3. The molecule has 3 rings (SSSR count). The third kappa shape index (κ3) is 4.76. The minimum absolute atomic E-state index is 0.0779. The van der Waals surface area contributed by atoms with E-state index in [2.05, 4.69) is 15.6 Å². The van der Waals surface area contributed by atoms with Gasteiger partial charge in [-0.3, -0.25) is 4.98 Å². The number of carbonyl (C=O) groups is 1. The topological polar surface area (TPSA) is 112 Å². The van der Waals surface area contributed by atoms with Crippen LogP contribution in [-0.2, 0) is 16.4 Å². The van der Waals surface area contributed by atoms with Gasteiger partial charge in [0.05, 0.1) is 21.0 Å². The first-order valence-corrected chi connectivity index (χ1v) is 9.97. The van der Waals surface area contributed by atoms with E-state index in [0.29, 0.717) is 18.2 Å². The van der Waals surface area contributed by atoms with Gasteiger partial charge in [0.2, 0.25) is 9.84 Å². The summed E-state index contributed by atoms with van der Waals surface area (Å²) < 4.78 is 52.1. The molecule has 2 amide bonds. The Labute approximate surface area is 170 Å². The van der Waals surface area contributed by atoms with Crippen molar-refractivity contribution in [1.29, 1.82) is 5.26 Å². The number of rotatable bonds is 5. The number of hydrogen-bond acceptors (Lipinski definition) is 5. The number of pyridine rings is 1. The lowest BCUT2D eigenvalue weighted by atomic mass is 10.2. The van der Waals surface area contributed by atoms with E-state index in [1.807, 2.05) is 0 Å². The van der Waals surface area contributed by atoms with Crippen LogP contribution in [0, 0.1) is 23.0 Å². The molecule has 2 N–H and O–H groups in total. The van der Waals surface area contributed by atoms with Crippen LogP contribution < -0.4 is 10.6 Å². The van der Waals surface area contributed by atoms with Crippen LogP contribution in [0.2, 0.25) is 0 Å². The lowest BCUT2D eigenvalue weighted by molar-refractivity contribution is 0.251. The van der Waals surface area contributed by atoms with E-state index in [9.17, 15) is 27.3 Å². The second-order valence-electron chi connectivity index (χ2n) is 6.09. The van der Waals surface area contributed by atoms with Crippen LogP contribution in [0.3, 0.4) is 0 Å². The van der Waals surface area contributed by atoms with Gasteiger partial charge in [-0.25, -0.2) is 22.0 Å². The second kappa shape index (κ2) is 8.67. The summed E-state index contributed by atoms with van der Waals surface area (Å²) in [6.45, 7) is 0.216. The highest BCUT2D eigenvalue weighted by molar-refractivity contribution is 7.91. The summed E-state index contributed by atoms with van der Waals surface area (Å²) in [5.74, 6) is -2.09. The number of sulfone groups is 1. The zero-order chi connectivity index (χ0) is 21.7. The summed E-state index contributed by atoms with van der Waals surface area (Å²) in [5.41, 5.74) is 0.755. The fourth-order valence-corrected chi connectivity index (χ4v) is 3.89. The van der Waals surface area contributed by atoms with Crippen LogP contribution >= 0.6 is 0 Å². The molecular formula is C20H14F2N4O3S. The summed E-state index contributed by atoms with van der Waals surface area (Å²) in [6.07, 6.45) is 3.15. The van der Waals surface area contributed by atoms with E-state index < -0.39 is 32.4 Å². The van der Waals surface area contributed by atoms with Crippen LogP contribution in [0.4, 0.5) is 19.3 Å². The summed E-state index contributed by atoms with van der Waals surface area (Å²) in [4.78, 5) is 15.0. The molecule has 0 unspecified atom stereocenters. The molecular weight excluding hydrogens is 414 g/mol. The zero-order valence-corrected chi connectivity index (χ0v) is 16.1. The number of benzene rings is 2. The Kier molecular flexibility index (Phi) is 6.03. The Morgan fingerprint density at radius 1 is 1.00 bits per heavy atom. The van der Waals surface area contributed by atoms with E-state index >= 15 is 0 Å². The van der Waals surface area contributed by atoms with Crippen molar-refractivity contribution in [3.8, 4) is 6.07 Å². The predicted octanol–water partition coefficient (Wildman–Crippen LogP) is 3.39. The van der Waals surface area contributed by atoms with Crippen molar-refractivity contribution in [2.45, 2.75) is 16.3 Å². The highest BCUT2D eigenvalue weighted by Gasteiger charge is 2.21. The fourth-order valence-electron chi connectivity index (χ4n) is 2.56. The van der Waals surface area contributed by atoms with Gasteiger partial charge in [-0.15, -0.1) is 0 Å². The predicted molar refractivity (Wildman–Crippen MR) is 103 cm³/mol. The van der Waals surface area contributed by atoms with E-state index in [1.165, 1.54) is 6.07 Å². The van der Waals surface area contributed by atoms with Gasteiger partial charge in [-0.2, -0.15) is 5.26 Å².